The first-order chi connectivity index (χ1) is 8.24. The molecule has 0 saturated heterocycles. The number of carboxylic acid groups (broad SMARTS) is 2. The van der Waals surface area contributed by atoms with Gasteiger partial charge < -0.3 is 20.7 Å². The summed E-state index contributed by atoms with van der Waals surface area (Å²) in [7, 11) is 0. The number of hydrogen-bond donors (Lipinski definition) is 3. The fraction of sp³-hybridized carbons (Fsp3) is 0.818. The predicted molar refractivity (Wildman–Crippen MR) is 59.8 cm³/mol. The molecule has 18 heavy (non-hydrogen) atoms. The van der Waals surface area contributed by atoms with Gasteiger partial charge in [0.1, 0.15) is 11.7 Å². The molecule has 0 aromatic rings. The van der Waals surface area contributed by atoms with E-state index in [1.165, 1.54) is 6.92 Å². The van der Waals surface area contributed by atoms with Gasteiger partial charge in [-0.15, -0.1) is 0 Å². The van der Waals surface area contributed by atoms with Crippen LogP contribution in [0.1, 0.15) is 26.2 Å². The molecule has 0 aliphatic heterocycles. The molecule has 0 amide bonds. The van der Waals surface area contributed by atoms with Crippen molar-refractivity contribution in [2.75, 3.05) is 6.61 Å². The van der Waals surface area contributed by atoms with Gasteiger partial charge in [0.15, 0.2) is 6.10 Å². The monoisotopic (exact) mass is 263 g/mol. The minimum absolute atomic E-state index is 0.0314. The van der Waals surface area contributed by atoms with Crippen LogP contribution < -0.4 is 5.73 Å². The third-order valence-corrected chi connectivity index (χ3v) is 3.39. The number of carbonyl (C=O) groups is 2. The number of halogens is 1. The van der Waals surface area contributed by atoms with Crippen LogP contribution in [0.4, 0.5) is 4.39 Å². The zero-order valence-electron chi connectivity index (χ0n) is 10.1. The summed E-state index contributed by atoms with van der Waals surface area (Å²) in [6.07, 6.45) is -0.564. The molecule has 0 heterocycles. The molecule has 0 bridgehead atoms. The van der Waals surface area contributed by atoms with Crippen molar-refractivity contribution >= 4 is 11.9 Å². The Morgan fingerprint density at radius 3 is 2.44 bits per heavy atom. The van der Waals surface area contributed by atoms with Crippen molar-refractivity contribution in [3.63, 3.8) is 0 Å². The number of carboxylic acids is 2. The molecule has 1 aliphatic rings. The van der Waals surface area contributed by atoms with Crippen molar-refractivity contribution in [3.05, 3.63) is 0 Å². The molecular formula is C11H18FNO5. The van der Waals surface area contributed by atoms with Crippen LogP contribution in [0.3, 0.4) is 0 Å². The predicted octanol–water partition coefficient (Wildman–Crippen LogP) is 0.396. The van der Waals surface area contributed by atoms with Crippen LogP contribution in [0.5, 0.6) is 0 Å². The zero-order chi connectivity index (χ0) is 13.9. The Bertz CT molecular complexity index is 333. The Morgan fingerprint density at radius 1 is 1.50 bits per heavy atom. The zero-order valence-corrected chi connectivity index (χ0v) is 10.1. The third kappa shape index (κ3) is 3.64. The van der Waals surface area contributed by atoms with Crippen molar-refractivity contribution in [2.45, 2.75) is 44.0 Å². The molecule has 104 valence electrons. The lowest BCUT2D eigenvalue weighted by atomic mass is 9.72. The highest BCUT2D eigenvalue weighted by Gasteiger charge is 2.43. The molecule has 6 nitrogen and oxygen atoms in total. The molecule has 4 unspecified atom stereocenters. The number of aliphatic carboxylic acids is 2. The first kappa shape index (κ1) is 14.8. The van der Waals surface area contributed by atoms with Gasteiger partial charge in [-0.25, -0.2) is 9.18 Å². The smallest absolute Gasteiger partial charge is 0.332 e. The summed E-state index contributed by atoms with van der Waals surface area (Å²) in [6, 6.07) is -1.30. The van der Waals surface area contributed by atoms with E-state index >= 15 is 0 Å². The lowest BCUT2D eigenvalue weighted by Crippen LogP contribution is -2.45. The van der Waals surface area contributed by atoms with Crippen LogP contribution in [-0.2, 0) is 14.3 Å². The molecule has 0 aromatic heterocycles. The molecule has 1 rings (SSSR count). The largest absolute Gasteiger partial charge is 0.480 e. The summed E-state index contributed by atoms with van der Waals surface area (Å²) in [5.74, 6) is -2.91. The van der Waals surface area contributed by atoms with Gasteiger partial charge in [0.25, 0.3) is 0 Å². The molecule has 0 radical (unpaired) electrons. The Labute approximate surface area is 104 Å². The summed E-state index contributed by atoms with van der Waals surface area (Å²) in [4.78, 5) is 21.4. The molecule has 0 aromatic carbocycles. The highest BCUT2D eigenvalue weighted by Crippen LogP contribution is 2.41. The summed E-state index contributed by atoms with van der Waals surface area (Å²) >= 11 is 0. The normalized spacial score (nSPS) is 30.3. The molecule has 4 atom stereocenters. The lowest BCUT2D eigenvalue weighted by molar-refractivity contribution is -0.157. The summed E-state index contributed by atoms with van der Waals surface area (Å²) in [5, 5.41) is 17.5. The lowest BCUT2D eigenvalue weighted by Gasteiger charge is -2.40. The van der Waals surface area contributed by atoms with E-state index in [9.17, 15) is 14.0 Å². The molecule has 1 saturated carbocycles. The van der Waals surface area contributed by atoms with Crippen LogP contribution in [0, 0.1) is 5.92 Å². The standard InChI is InChI=1S/C11H18FNO5/c1-11(12)3-2-6(11)5-18-8(10(16)17)4-7(13)9(14)15/h6-8H,2-5,13H2,1H3,(H,14,15)(H,16,17). The van der Waals surface area contributed by atoms with E-state index in [4.69, 9.17) is 20.7 Å². The second-order valence-corrected chi connectivity index (χ2v) is 4.85. The summed E-state index contributed by atoms with van der Waals surface area (Å²) < 4.78 is 18.6. The van der Waals surface area contributed by atoms with Gasteiger partial charge in [0, 0.05) is 12.3 Å². The SMILES string of the molecule is CC1(F)CCC1COC(CC(N)C(=O)O)C(=O)O. The number of alkyl halides is 1. The van der Waals surface area contributed by atoms with Gasteiger partial charge in [-0.1, -0.05) is 0 Å². The maximum absolute atomic E-state index is 13.6. The van der Waals surface area contributed by atoms with Crippen molar-refractivity contribution in [1.29, 1.82) is 0 Å². The van der Waals surface area contributed by atoms with E-state index in [0.29, 0.717) is 12.8 Å². The Balaban J connectivity index is 2.44. The second-order valence-electron chi connectivity index (χ2n) is 4.85. The van der Waals surface area contributed by atoms with Gasteiger partial charge in [0.2, 0.25) is 0 Å². The summed E-state index contributed by atoms with van der Waals surface area (Å²) in [5.41, 5.74) is 3.92. The summed E-state index contributed by atoms with van der Waals surface area (Å²) in [6.45, 7) is 1.42. The van der Waals surface area contributed by atoms with E-state index in [-0.39, 0.29) is 18.9 Å². The second kappa shape index (κ2) is 5.62. The average molecular weight is 263 g/mol. The number of ether oxygens (including phenoxy) is 1. The topological polar surface area (TPSA) is 110 Å². The van der Waals surface area contributed by atoms with Gasteiger partial charge in [0.05, 0.1) is 6.61 Å². The van der Waals surface area contributed by atoms with Crippen LogP contribution in [0.2, 0.25) is 0 Å². The minimum Gasteiger partial charge on any atom is -0.480 e. The maximum atomic E-state index is 13.6. The van der Waals surface area contributed by atoms with E-state index < -0.39 is 29.8 Å². The minimum atomic E-state index is -1.32. The molecule has 1 fully saturated rings. The Morgan fingerprint density at radius 2 is 2.11 bits per heavy atom. The van der Waals surface area contributed by atoms with E-state index in [1.54, 1.807) is 0 Å². The molecular weight excluding hydrogens is 245 g/mol. The van der Waals surface area contributed by atoms with E-state index in [2.05, 4.69) is 0 Å². The molecule has 7 heteroatoms. The molecule has 4 N–H and O–H groups in total. The van der Waals surface area contributed by atoms with E-state index in [0.717, 1.165) is 0 Å². The van der Waals surface area contributed by atoms with Crippen LogP contribution >= 0.6 is 0 Å². The van der Waals surface area contributed by atoms with Crippen LogP contribution in [0.25, 0.3) is 0 Å². The van der Waals surface area contributed by atoms with E-state index in [1.807, 2.05) is 0 Å². The Kier molecular flexibility index (Phi) is 4.64. The average Bonchev–Trinajstić information content (AvgIpc) is 2.25. The van der Waals surface area contributed by atoms with Gasteiger partial charge >= 0.3 is 11.9 Å². The Hall–Kier alpha value is -1.21. The van der Waals surface area contributed by atoms with Gasteiger partial charge in [-0.2, -0.15) is 0 Å². The highest BCUT2D eigenvalue weighted by molar-refractivity contribution is 5.76. The fourth-order valence-electron chi connectivity index (χ4n) is 1.81. The van der Waals surface area contributed by atoms with Gasteiger partial charge in [-0.3, -0.25) is 4.79 Å². The van der Waals surface area contributed by atoms with Crippen LogP contribution in [-0.4, -0.2) is 46.6 Å². The van der Waals surface area contributed by atoms with Crippen molar-refractivity contribution in [3.8, 4) is 0 Å². The van der Waals surface area contributed by atoms with Crippen molar-refractivity contribution in [1.82, 2.24) is 0 Å². The van der Waals surface area contributed by atoms with Crippen molar-refractivity contribution in [2.24, 2.45) is 11.7 Å². The van der Waals surface area contributed by atoms with Gasteiger partial charge in [-0.05, 0) is 19.8 Å². The van der Waals surface area contributed by atoms with Crippen molar-refractivity contribution < 1.29 is 28.9 Å². The molecule has 0 spiro atoms. The maximum Gasteiger partial charge on any atom is 0.332 e. The number of rotatable bonds is 7. The molecule has 1 aliphatic carbocycles. The quantitative estimate of drug-likeness (QED) is 0.613. The fourth-order valence-corrected chi connectivity index (χ4v) is 1.81. The number of hydrogen-bond acceptors (Lipinski definition) is 4. The third-order valence-electron chi connectivity index (χ3n) is 3.39. The highest BCUT2D eigenvalue weighted by atomic mass is 19.1. The number of nitrogens with two attached hydrogens (primary N) is 1. The first-order valence-electron chi connectivity index (χ1n) is 5.75. The first-order valence-corrected chi connectivity index (χ1v) is 5.75. The van der Waals surface area contributed by atoms with Crippen LogP contribution in [0.15, 0.2) is 0 Å².